The maximum Gasteiger partial charge on any atom is 0.338 e. The molecule has 1 aromatic carbocycles. The van der Waals surface area contributed by atoms with Gasteiger partial charge in [-0.15, -0.1) is 0 Å². The molecule has 0 heterocycles. The molecule has 0 unspecified atom stereocenters. The van der Waals surface area contributed by atoms with E-state index in [9.17, 15) is 9.18 Å². The van der Waals surface area contributed by atoms with Crippen LogP contribution < -0.4 is 0 Å². The number of carboxylic acids is 1. The van der Waals surface area contributed by atoms with Crippen molar-refractivity contribution in [2.24, 2.45) is 0 Å². The van der Waals surface area contributed by atoms with Gasteiger partial charge in [-0.1, -0.05) is 23.7 Å². The van der Waals surface area contributed by atoms with Crippen LogP contribution in [0.25, 0.3) is 0 Å². The number of rotatable bonds is 3. The average Bonchev–Trinajstić information content (AvgIpc) is 2.08. The molecule has 1 N–H and O–H groups in total. The van der Waals surface area contributed by atoms with E-state index in [1.165, 1.54) is 0 Å². The van der Waals surface area contributed by atoms with Crippen molar-refractivity contribution in [3.05, 3.63) is 34.9 Å². The molecule has 0 aliphatic carbocycles. The maximum atomic E-state index is 12.7. The van der Waals surface area contributed by atoms with Crippen molar-refractivity contribution in [3.63, 3.8) is 0 Å². The molecule has 0 saturated carbocycles. The van der Waals surface area contributed by atoms with E-state index in [0.29, 0.717) is 10.6 Å². The van der Waals surface area contributed by atoms with Crippen LogP contribution in [0.5, 0.6) is 0 Å². The summed E-state index contributed by atoms with van der Waals surface area (Å²) in [5.74, 6) is -1.44. The quantitative estimate of drug-likeness (QED) is 0.817. The van der Waals surface area contributed by atoms with E-state index in [1.54, 1.807) is 24.3 Å². The highest BCUT2D eigenvalue weighted by molar-refractivity contribution is 6.30. The average molecular weight is 203 g/mol. The normalized spacial score (nSPS) is 12.5. The Morgan fingerprint density at radius 1 is 1.46 bits per heavy atom. The molecule has 0 spiro atoms. The van der Waals surface area contributed by atoms with Gasteiger partial charge in [-0.3, -0.25) is 0 Å². The van der Waals surface area contributed by atoms with Crippen molar-refractivity contribution in [2.45, 2.75) is 12.6 Å². The molecule has 1 rings (SSSR count). The first kappa shape index (κ1) is 9.99. The van der Waals surface area contributed by atoms with E-state index in [2.05, 4.69) is 0 Å². The van der Waals surface area contributed by atoms with Crippen LogP contribution in [0, 0.1) is 0 Å². The van der Waals surface area contributed by atoms with Crippen molar-refractivity contribution < 1.29 is 14.3 Å². The Labute approximate surface area is 80.0 Å². The topological polar surface area (TPSA) is 37.3 Å². The van der Waals surface area contributed by atoms with Crippen LogP contribution >= 0.6 is 11.6 Å². The molecule has 1 aromatic rings. The number of halogens is 2. The Hall–Kier alpha value is -1.09. The standard InChI is InChI=1S/C9H8ClFO2/c10-7-3-1-6(2-4-7)5-8(11)9(12)13/h1-4,8H,5H2,(H,12,13)/t8-/m0/s1. The highest BCUT2D eigenvalue weighted by atomic mass is 35.5. The Balaban J connectivity index is 2.64. The zero-order chi connectivity index (χ0) is 9.84. The van der Waals surface area contributed by atoms with Crippen molar-refractivity contribution in [3.8, 4) is 0 Å². The zero-order valence-electron chi connectivity index (χ0n) is 6.71. The number of carbonyl (C=O) groups is 1. The van der Waals surface area contributed by atoms with Crippen LogP contribution in [0.15, 0.2) is 24.3 Å². The van der Waals surface area contributed by atoms with Gasteiger partial charge >= 0.3 is 5.97 Å². The lowest BCUT2D eigenvalue weighted by Gasteiger charge is -2.02. The van der Waals surface area contributed by atoms with Gasteiger partial charge in [-0.2, -0.15) is 0 Å². The van der Waals surface area contributed by atoms with Crippen LogP contribution in [-0.2, 0) is 11.2 Å². The first-order valence-electron chi connectivity index (χ1n) is 3.71. The number of benzene rings is 1. The lowest BCUT2D eigenvalue weighted by atomic mass is 10.1. The van der Waals surface area contributed by atoms with Gasteiger partial charge in [-0.05, 0) is 17.7 Å². The zero-order valence-corrected chi connectivity index (χ0v) is 7.46. The van der Waals surface area contributed by atoms with Gasteiger partial charge < -0.3 is 5.11 Å². The van der Waals surface area contributed by atoms with Crippen LogP contribution in [0.1, 0.15) is 5.56 Å². The molecule has 0 fully saturated rings. The summed E-state index contributed by atoms with van der Waals surface area (Å²) in [5.41, 5.74) is 0.624. The summed E-state index contributed by atoms with van der Waals surface area (Å²) in [6.07, 6.45) is -1.96. The number of aliphatic carboxylic acids is 1. The molecule has 70 valence electrons. The minimum atomic E-state index is -1.85. The molecular weight excluding hydrogens is 195 g/mol. The van der Waals surface area contributed by atoms with Gasteiger partial charge in [-0.25, -0.2) is 9.18 Å². The van der Waals surface area contributed by atoms with Crippen molar-refractivity contribution in [1.82, 2.24) is 0 Å². The molecule has 0 aliphatic rings. The van der Waals surface area contributed by atoms with Crippen LogP contribution in [0.2, 0.25) is 5.02 Å². The summed E-state index contributed by atoms with van der Waals surface area (Å²) in [6, 6.07) is 6.42. The number of alkyl halides is 1. The van der Waals surface area contributed by atoms with E-state index in [-0.39, 0.29) is 6.42 Å². The minimum absolute atomic E-state index is 0.119. The van der Waals surface area contributed by atoms with Gasteiger partial charge in [0, 0.05) is 11.4 Å². The minimum Gasteiger partial charge on any atom is -0.479 e. The van der Waals surface area contributed by atoms with Gasteiger partial charge in [0.15, 0.2) is 0 Å². The lowest BCUT2D eigenvalue weighted by Crippen LogP contribution is -2.16. The summed E-state index contributed by atoms with van der Waals surface area (Å²) in [5, 5.41) is 8.85. The largest absolute Gasteiger partial charge is 0.479 e. The Morgan fingerprint density at radius 3 is 2.46 bits per heavy atom. The third kappa shape index (κ3) is 3.03. The Bertz CT molecular complexity index is 297. The van der Waals surface area contributed by atoms with Gasteiger partial charge in [0.1, 0.15) is 0 Å². The predicted molar refractivity (Wildman–Crippen MR) is 47.7 cm³/mol. The smallest absolute Gasteiger partial charge is 0.338 e. The van der Waals surface area contributed by atoms with E-state index >= 15 is 0 Å². The van der Waals surface area contributed by atoms with Crippen LogP contribution in [-0.4, -0.2) is 17.2 Å². The Kier molecular flexibility index (Phi) is 3.25. The second kappa shape index (κ2) is 4.23. The molecule has 0 bridgehead atoms. The van der Waals surface area contributed by atoms with Gasteiger partial charge in [0.2, 0.25) is 6.17 Å². The van der Waals surface area contributed by atoms with E-state index in [1.807, 2.05) is 0 Å². The lowest BCUT2D eigenvalue weighted by molar-refractivity contribution is -0.142. The fourth-order valence-electron chi connectivity index (χ4n) is 0.915. The monoisotopic (exact) mass is 202 g/mol. The number of carboxylic acid groups (broad SMARTS) is 1. The van der Waals surface area contributed by atoms with Crippen LogP contribution in [0.4, 0.5) is 4.39 Å². The summed E-state index contributed by atoms with van der Waals surface area (Å²) < 4.78 is 12.7. The van der Waals surface area contributed by atoms with Crippen molar-refractivity contribution in [2.75, 3.05) is 0 Å². The summed E-state index contributed by atoms with van der Waals surface area (Å²) in [7, 11) is 0. The van der Waals surface area contributed by atoms with E-state index < -0.39 is 12.1 Å². The van der Waals surface area contributed by atoms with Crippen molar-refractivity contribution >= 4 is 17.6 Å². The molecular formula is C9H8ClFO2. The van der Waals surface area contributed by atoms with Crippen molar-refractivity contribution in [1.29, 1.82) is 0 Å². The van der Waals surface area contributed by atoms with E-state index in [0.717, 1.165) is 0 Å². The number of hydrogen-bond acceptors (Lipinski definition) is 1. The summed E-state index contributed by atoms with van der Waals surface area (Å²) in [4.78, 5) is 10.2. The highest BCUT2D eigenvalue weighted by Crippen LogP contribution is 2.12. The Morgan fingerprint density at radius 2 is 2.00 bits per heavy atom. The molecule has 0 radical (unpaired) electrons. The fourth-order valence-corrected chi connectivity index (χ4v) is 1.04. The highest BCUT2D eigenvalue weighted by Gasteiger charge is 2.15. The second-order valence-electron chi connectivity index (χ2n) is 2.64. The van der Waals surface area contributed by atoms with Crippen LogP contribution in [0.3, 0.4) is 0 Å². The third-order valence-electron chi connectivity index (χ3n) is 1.60. The first-order valence-corrected chi connectivity index (χ1v) is 4.08. The van der Waals surface area contributed by atoms with E-state index in [4.69, 9.17) is 16.7 Å². The molecule has 0 aromatic heterocycles. The molecule has 1 atom stereocenters. The fraction of sp³-hybridized carbons (Fsp3) is 0.222. The molecule has 13 heavy (non-hydrogen) atoms. The molecule has 4 heteroatoms. The second-order valence-corrected chi connectivity index (χ2v) is 3.07. The van der Waals surface area contributed by atoms with Gasteiger partial charge in [0.05, 0.1) is 0 Å². The molecule has 0 aliphatic heterocycles. The third-order valence-corrected chi connectivity index (χ3v) is 1.85. The SMILES string of the molecule is O=C(O)[C@@H](F)Cc1ccc(Cl)cc1. The molecule has 2 nitrogen and oxygen atoms in total. The van der Waals surface area contributed by atoms with Gasteiger partial charge in [0.25, 0.3) is 0 Å². The predicted octanol–water partition coefficient (Wildman–Crippen LogP) is 2.31. The molecule has 0 amide bonds. The molecule has 0 saturated heterocycles. The summed E-state index contributed by atoms with van der Waals surface area (Å²) >= 11 is 5.60. The first-order chi connectivity index (χ1) is 6.09. The maximum absolute atomic E-state index is 12.7. The summed E-state index contributed by atoms with van der Waals surface area (Å²) in [6.45, 7) is 0. The number of hydrogen-bond donors (Lipinski definition) is 1.